The number of hydrogen-bond donors (Lipinski definition) is 1. The number of fused-ring (bicyclic) bond motifs is 1. The summed E-state index contributed by atoms with van der Waals surface area (Å²) in [6, 6.07) is 11.5. The number of hydrogen-bond acceptors (Lipinski definition) is 6. The molecule has 1 N–H and O–H groups in total. The molecule has 3 aromatic heterocycles. The lowest BCUT2D eigenvalue weighted by Gasteiger charge is -2.03. The van der Waals surface area contributed by atoms with Gasteiger partial charge in [-0.1, -0.05) is 35.5 Å². The van der Waals surface area contributed by atoms with E-state index < -0.39 is 0 Å². The van der Waals surface area contributed by atoms with E-state index in [0.29, 0.717) is 34.9 Å². The number of nitrogens with one attached hydrogen (secondary N) is 1. The monoisotopic (exact) mass is 362 g/mol. The predicted octanol–water partition coefficient (Wildman–Crippen LogP) is 2.18. The lowest BCUT2D eigenvalue weighted by atomic mass is 10.1. The minimum Gasteiger partial charge on any atom is -0.343 e. The van der Waals surface area contributed by atoms with Crippen LogP contribution in [0.25, 0.3) is 11.2 Å². The maximum absolute atomic E-state index is 12.6. The largest absolute Gasteiger partial charge is 0.343 e. The van der Waals surface area contributed by atoms with Crippen molar-refractivity contribution in [3.63, 3.8) is 0 Å². The van der Waals surface area contributed by atoms with Crippen LogP contribution in [-0.2, 0) is 20.0 Å². The van der Waals surface area contributed by atoms with E-state index >= 15 is 0 Å². The molecule has 1 amide bonds. The molecule has 4 rings (SSSR count). The van der Waals surface area contributed by atoms with E-state index in [1.54, 1.807) is 12.3 Å². The minimum atomic E-state index is -0.261. The zero-order chi connectivity index (χ0) is 18.8. The topological polar surface area (TPSA) is 98.7 Å². The maximum atomic E-state index is 12.6. The van der Waals surface area contributed by atoms with E-state index in [2.05, 4.69) is 25.4 Å². The Bertz CT molecular complexity index is 1100. The lowest BCUT2D eigenvalue weighted by molar-refractivity contribution is 0.0947. The SMILES string of the molecule is Cc1nc2c(C(=O)NCc3nc(Cc4ccccc4)no3)ccnc2n1C. The van der Waals surface area contributed by atoms with Gasteiger partial charge in [0.05, 0.1) is 12.1 Å². The highest BCUT2D eigenvalue weighted by Gasteiger charge is 2.16. The Morgan fingerprint density at radius 1 is 1.19 bits per heavy atom. The van der Waals surface area contributed by atoms with Crippen molar-refractivity contribution in [1.29, 1.82) is 0 Å². The van der Waals surface area contributed by atoms with Gasteiger partial charge in [0.15, 0.2) is 11.5 Å². The van der Waals surface area contributed by atoms with E-state index in [0.717, 1.165) is 11.4 Å². The number of benzene rings is 1. The second-order valence-electron chi connectivity index (χ2n) is 6.20. The van der Waals surface area contributed by atoms with Crippen molar-refractivity contribution >= 4 is 17.1 Å². The molecule has 0 radical (unpaired) electrons. The average Bonchev–Trinajstić information content (AvgIpc) is 3.25. The number of rotatable bonds is 5. The first-order valence-corrected chi connectivity index (χ1v) is 8.53. The number of imidazole rings is 1. The number of carbonyl (C=O) groups excluding carboxylic acids is 1. The average molecular weight is 362 g/mol. The van der Waals surface area contributed by atoms with Crippen molar-refractivity contribution in [3.8, 4) is 0 Å². The van der Waals surface area contributed by atoms with Crippen LogP contribution >= 0.6 is 0 Å². The fraction of sp³-hybridized carbons (Fsp3) is 0.211. The third kappa shape index (κ3) is 3.41. The molecule has 0 spiro atoms. The summed E-state index contributed by atoms with van der Waals surface area (Å²) in [6.45, 7) is 2.02. The Labute approximate surface area is 155 Å². The minimum absolute atomic E-state index is 0.149. The summed E-state index contributed by atoms with van der Waals surface area (Å²) >= 11 is 0. The molecule has 0 aliphatic carbocycles. The molecule has 8 heteroatoms. The van der Waals surface area contributed by atoms with Gasteiger partial charge in [0, 0.05) is 19.7 Å². The second-order valence-corrected chi connectivity index (χ2v) is 6.20. The number of pyridine rings is 1. The van der Waals surface area contributed by atoms with Gasteiger partial charge in [0.25, 0.3) is 5.91 Å². The smallest absolute Gasteiger partial charge is 0.254 e. The normalized spacial score (nSPS) is 11.0. The standard InChI is InChI=1S/C19H18N6O2/c1-12-22-17-14(8-9-20-18(17)25(12)2)19(26)21-11-16-23-15(24-27-16)10-13-6-4-3-5-7-13/h3-9H,10-11H2,1-2H3,(H,21,26). The summed E-state index contributed by atoms with van der Waals surface area (Å²) in [4.78, 5) is 25.6. The Balaban J connectivity index is 1.45. The zero-order valence-electron chi connectivity index (χ0n) is 15.0. The summed E-state index contributed by atoms with van der Waals surface area (Å²) in [5.74, 6) is 1.47. The van der Waals surface area contributed by atoms with Crippen LogP contribution in [0.1, 0.15) is 33.5 Å². The van der Waals surface area contributed by atoms with E-state index in [1.807, 2.05) is 48.9 Å². The summed E-state index contributed by atoms with van der Waals surface area (Å²) in [6.07, 6.45) is 2.18. The molecule has 8 nitrogen and oxygen atoms in total. The van der Waals surface area contributed by atoms with Gasteiger partial charge >= 0.3 is 0 Å². The van der Waals surface area contributed by atoms with Crippen LogP contribution < -0.4 is 5.32 Å². The Morgan fingerprint density at radius 3 is 2.81 bits per heavy atom. The van der Waals surface area contributed by atoms with Crippen molar-refractivity contribution in [2.75, 3.05) is 0 Å². The van der Waals surface area contributed by atoms with E-state index in [9.17, 15) is 4.79 Å². The zero-order valence-corrected chi connectivity index (χ0v) is 15.0. The van der Waals surface area contributed by atoms with Crippen molar-refractivity contribution in [3.05, 3.63) is 71.3 Å². The molecule has 136 valence electrons. The molecular formula is C19H18N6O2. The van der Waals surface area contributed by atoms with Gasteiger partial charge in [-0.3, -0.25) is 4.79 Å². The second kappa shape index (κ2) is 6.99. The molecule has 0 saturated heterocycles. The number of amides is 1. The molecule has 0 fully saturated rings. The first-order chi connectivity index (χ1) is 13.1. The van der Waals surface area contributed by atoms with Gasteiger partial charge in [-0.05, 0) is 18.6 Å². The van der Waals surface area contributed by atoms with Crippen molar-refractivity contribution in [2.45, 2.75) is 19.9 Å². The Hall–Kier alpha value is -3.55. The van der Waals surface area contributed by atoms with Crippen LogP contribution in [0.4, 0.5) is 0 Å². The van der Waals surface area contributed by atoms with Crippen LogP contribution in [0.5, 0.6) is 0 Å². The maximum Gasteiger partial charge on any atom is 0.254 e. The molecule has 0 aliphatic rings. The molecule has 4 aromatic rings. The summed E-state index contributed by atoms with van der Waals surface area (Å²) in [5, 5.41) is 6.77. The third-order valence-electron chi connectivity index (χ3n) is 4.34. The van der Waals surface area contributed by atoms with Gasteiger partial charge in [-0.2, -0.15) is 4.98 Å². The Morgan fingerprint density at radius 2 is 2.00 bits per heavy atom. The van der Waals surface area contributed by atoms with Crippen LogP contribution in [0.15, 0.2) is 47.1 Å². The van der Waals surface area contributed by atoms with Gasteiger partial charge in [-0.25, -0.2) is 9.97 Å². The van der Waals surface area contributed by atoms with Crippen LogP contribution in [0, 0.1) is 6.92 Å². The first-order valence-electron chi connectivity index (χ1n) is 8.53. The molecule has 27 heavy (non-hydrogen) atoms. The molecule has 0 atom stereocenters. The first kappa shape index (κ1) is 16.9. The van der Waals surface area contributed by atoms with Crippen molar-refractivity contribution < 1.29 is 9.32 Å². The van der Waals surface area contributed by atoms with E-state index in [4.69, 9.17) is 4.52 Å². The molecule has 0 aliphatic heterocycles. The quantitative estimate of drug-likeness (QED) is 0.584. The molecule has 1 aromatic carbocycles. The number of nitrogens with zero attached hydrogens (tertiary/aromatic N) is 5. The van der Waals surface area contributed by atoms with Gasteiger partial charge in [0.2, 0.25) is 5.89 Å². The predicted molar refractivity (Wildman–Crippen MR) is 98.0 cm³/mol. The summed E-state index contributed by atoms with van der Waals surface area (Å²) in [5.41, 5.74) is 2.81. The van der Waals surface area contributed by atoms with Crippen LogP contribution in [0.2, 0.25) is 0 Å². The number of aryl methyl sites for hydroxylation is 2. The highest BCUT2D eigenvalue weighted by molar-refractivity contribution is 6.04. The van der Waals surface area contributed by atoms with E-state index in [1.165, 1.54) is 0 Å². The number of aromatic nitrogens is 5. The van der Waals surface area contributed by atoms with E-state index in [-0.39, 0.29) is 12.5 Å². The molecule has 3 heterocycles. The van der Waals surface area contributed by atoms with Crippen molar-refractivity contribution in [2.24, 2.45) is 7.05 Å². The lowest BCUT2D eigenvalue weighted by Crippen LogP contribution is -2.23. The summed E-state index contributed by atoms with van der Waals surface area (Å²) < 4.78 is 7.07. The molecule has 0 bridgehead atoms. The highest BCUT2D eigenvalue weighted by Crippen LogP contribution is 2.16. The van der Waals surface area contributed by atoms with Crippen LogP contribution in [0.3, 0.4) is 0 Å². The Kier molecular flexibility index (Phi) is 4.37. The fourth-order valence-corrected chi connectivity index (χ4v) is 2.84. The molecule has 0 unspecified atom stereocenters. The number of carbonyl (C=O) groups is 1. The van der Waals surface area contributed by atoms with Gasteiger partial charge in [-0.15, -0.1) is 0 Å². The summed E-state index contributed by atoms with van der Waals surface area (Å²) in [7, 11) is 1.87. The third-order valence-corrected chi connectivity index (χ3v) is 4.34. The van der Waals surface area contributed by atoms with Crippen molar-refractivity contribution in [1.82, 2.24) is 30.0 Å². The molecular weight excluding hydrogens is 344 g/mol. The highest BCUT2D eigenvalue weighted by atomic mass is 16.5. The molecule has 0 saturated carbocycles. The van der Waals surface area contributed by atoms with Crippen LogP contribution in [-0.4, -0.2) is 30.6 Å². The fourth-order valence-electron chi connectivity index (χ4n) is 2.84. The van der Waals surface area contributed by atoms with Gasteiger partial charge < -0.3 is 14.4 Å². The van der Waals surface area contributed by atoms with Gasteiger partial charge in [0.1, 0.15) is 11.3 Å².